The van der Waals surface area contributed by atoms with Crippen LogP contribution in [0, 0.1) is 0 Å². The number of carbonyl (C=O) groups is 1. The van der Waals surface area contributed by atoms with E-state index in [0.29, 0.717) is 5.13 Å². The molecule has 7 nitrogen and oxygen atoms in total. The zero-order valence-electron chi connectivity index (χ0n) is 11.6. The molecule has 0 saturated heterocycles. The number of nitrogens with zero attached hydrogens (tertiary/aromatic N) is 5. The Morgan fingerprint density at radius 3 is 2.43 bits per heavy atom. The molecular formula is C13H14N6OS. The number of para-hydroxylation sites is 1. The number of thiazole rings is 1. The summed E-state index contributed by atoms with van der Waals surface area (Å²) >= 11 is 1.50. The normalized spacial score (nSPS) is 9.62. The number of nitrogens with one attached hydrogen (secondary N) is 1. The van der Waals surface area contributed by atoms with Crippen LogP contribution in [0.1, 0.15) is 0 Å². The number of urea groups is 1. The second kappa shape index (κ2) is 7.25. The van der Waals surface area contributed by atoms with Crippen molar-refractivity contribution in [2.75, 3.05) is 19.0 Å². The number of aromatic nitrogens is 4. The third-order valence-corrected chi connectivity index (χ3v) is 3.61. The summed E-state index contributed by atoms with van der Waals surface area (Å²) in [5.74, 6) is 0. The molecule has 3 rings (SSSR count). The molecule has 2 amide bonds. The summed E-state index contributed by atoms with van der Waals surface area (Å²) < 4.78 is 1.09. The van der Waals surface area contributed by atoms with E-state index in [-0.39, 0.29) is 6.03 Å². The van der Waals surface area contributed by atoms with Gasteiger partial charge in [0, 0.05) is 14.1 Å². The molecule has 108 valence electrons. The second-order valence-corrected chi connectivity index (χ2v) is 4.90. The third-order valence-electron chi connectivity index (χ3n) is 2.50. The van der Waals surface area contributed by atoms with E-state index in [2.05, 4.69) is 25.7 Å². The maximum atomic E-state index is 11.4. The van der Waals surface area contributed by atoms with Gasteiger partial charge in [0.15, 0.2) is 5.13 Å². The molecule has 0 saturated carbocycles. The second-order valence-electron chi connectivity index (χ2n) is 3.89. The molecule has 2 heterocycles. The largest absolute Gasteiger partial charge is 0.341 e. The summed E-state index contributed by atoms with van der Waals surface area (Å²) in [5, 5.41) is 13.4. The number of carbonyl (C=O) groups excluding carboxylic acids is 1. The van der Waals surface area contributed by atoms with Gasteiger partial charge in [-0.05, 0) is 23.4 Å². The van der Waals surface area contributed by atoms with Crippen molar-refractivity contribution >= 4 is 32.7 Å². The van der Waals surface area contributed by atoms with Gasteiger partial charge in [-0.1, -0.05) is 23.5 Å². The molecule has 0 fully saturated rings. The van der Waals surface area contributed by atoms with Crippen LogP contribution in [0.5, 0.6) is 0 Å². The molecule has 1 aromatic carbocycles. The van der Waals surface area contributed by atoms with Crippen molar-refractivity contribution in [1.82, 2.24) is 25.7 Å². The van der Waals surface area contributed by atoms with Gasteiger partial charge in [-0.15, -0.1) is 10.2 Å². The van der Waals surface area contributed by atoms with E-state index in [9.17, 15) is 4.79 Å². The number of hydrogen-bond donors (Lipinski definition) is 1. The van der Waals surface area contributed by atoms with Crippen LogP contribution in [0.2, 0.25) is 0 Å². The Morgan fingerprint density at radius 1 is 1.19 bits per heavy atom. The molecule has 0 atom stereocenters. The first-order chi connectivity index (χ1) is 10.2. The molecular weight excluding hydrogens is 288 g/mol. The van der Waals surface area contributed by atoms with Gasteiger partial charge >= 0.3 is 6.03 Å². The fourth-order valence-corrected chi connectivity index (χ4v) is 2.39. The predicted octanol–water partition coefficient (Wildman–Crippen LogP) is 1.94. The Labute approximate surface area is 125 Å². The fourth-order valence-electron chi connectivity index (χ4n) is 1.46. The van der Waals surface area contributed by atoms with Gasteiger partial charge in [0.25, 0.3) is 0 Å². The van der Waals surface area contributed by atoms with Crippen LogP contribution in [0.25, 0.3) is 10.2 Å². The van der Waals surface area contributed by atoms with E-state index in [1.807, 2.05) is 24.3 Å². The van der Waals surface area contributed by atoms with E-state index in [1.54, 1.807) is 32.6 Å². The molecule has 0 aliphatic rings. The van der Waals surface area contributed by atoms with Crippen molar-refractivity contribution in [3.05, 3.63) is 42.7 Å². The molecule has 0 aliphatic heterocycles. The van der Waals surface area contributed by atoms with E-state index < -0.39 is 0 Å². The quantitative estimate of drug-likeness (QED) is 0.742. The average Bonchev–Trinajstić information content (AvgIpc) is 2.99. The molecule has 21 heavy (non-hydrogen) atoms. The Morgan fingerprint density at radius 2 is 1.90 bits per heavy atom. The first-order valence-corrected chi connectivity index (χ1v) is 6.93. The van der Waals surface area contributed by atoms with Crippen molar-refractivity contribution in [3.63, 3.8) is 0 Å². The highest BCUT2D eigenvalue weighted by molar-refractivity contribution is 7.22. The average molecular weight is 302 g/mol. The number of benzene rings is 1. The number of hydrogen-bond acceptors (Lipinski definition) is 6. The molecule has 0 radical (unpaired) electrons. The fraction of sp³-hybridized carbons (Fsp3) is 0.154. The van der Waals surface area contributed by atoms with Crippen LogP contribution in [-0.4, -0.2) is 40.5 Å². The maximum Gasteiger partial charge on any atom is 0.323 e. The number of rotatable bonds is 1. The topological polar surface area (TPSA) is 83.9 Å². The Bertz CT molecular complexity index is 642. The SMILES string of the molecule is CNC(=O)N(C)c1nc2ccccc2s1.c1cnnnc1. The van der Waals surface area contributed by atoms with E-state index >= 15 is 0 Å². The van der Waals surface area contributed by atoms with Crippen molar-refractivity contribution in [2.45, 2.75) is 0 Å². The van der Waals surface area contributed by atoms with Crippen molar-refractivity contribution in [2.24, 2.45) is 0 Å². The van der Waals surface area contributed by atoms with Crippen LogP contribution in [0.4, 0.5) is 9.93 Å². The highest BCUT2D eigenvalue weighted by Crippen LogP contribution is 2.27. The predicted molar refractivity (Wildman–Crippen MR) is 82.3 cm³/mol. The Hall–Kier alpha value is -2.61. The van der Waals surface area contributed by atoms with Crippen LogP contribution in [-0.2, 0) is 0 Å². The van der Waals surface area contributed by atoms with Gasteiger partial charge in [0.05, 0.1) is 22.6 Å². The monoisotopic (exact) mass is 302 g/mol. The van der Waals surface area contributed by atoms with E-state index in [4.69, 9.17) is 0 Å². The van der Waals surface area contributed by atoms with Crippen molar-refractivity contribution in [1.29, 1.82) is 0 Å². The standard InChI is InChI=1S/C10H11N3OS.C3H3N3/c1-11-9(14)13(2)10-12-7-5-3-4-6-8(7)15-10;1-2-4-6-5-3-1/h3-6H,1-2H3,(H,11,14);1-3H. The van der Waals surface area contributed by atoms with Crippen LogP contribution in [0.3, 0.4) is 0 Å². The molecule has 1 N–H and O–H groups in total. The first kappa shape index (κ1) is 14.8. The van der Waals surface area contributed by atoms with Gasteiger partial charge in [-0.25, -0.2) is 9.78 Å². The molecule has 0 spiro atoms. The maximum absolute atomic E-state index is 11.4. The van der Waals surface area contributed by atoms with E-state index in [1.165, 1.54) is 16.2 Å². The molecule has 0 bridgehead atoms. The summed E-state index contributed by atoms with van der Waals surface area (Å²) in [6, 6.07) is 9.39. The van der Waals surface area contributed by atoms with Crippen molar-refractivity contribution < 1.29 is 4.79 Å². The molecule has 0 aliphatic carbocycles. The lowest BCUT2D eigenvalue weighted by atomic mass is 10.3. The Kier molecular flexibility index (Phi) is 5.10. The number of fused-ring (bicyclic) bond motifs is 1. The molecule has 0 unspecified atom stereocenters. The lowest BCUT2D eigenvalue weighted by molar-refractivity contribution is 0.249. The Balaban J connectivity index is 0.000000225. The van der Waals surface area contributed by atoms with Crippen LogP contribution < -0.4 is 10.2 Å². The summed E-state index contributed by atoms with van der Waals surface area (Å²) in [6.07, 6.45) is 3.15. The van der Waals surface area contributed by atoms with Crippen LogP contribution >= 0.6 is 11.3 Å². The van der Waals surface area contributed by atoms with Crippen LogP contribution in [0.15, 0.2) is 42.7 Å². The van der Waals surface area contributed by atoms with Gasteiger partial charge in [-0.2, -0.15) is 0 Å². The summed E-state index contributed by atoms with van der Waals surface area (Å²) in [5.41, 5.74) is 0.924. The molecule has 8 heteroatoms. The minimum absolute atomic E-state index is 0.158. The minimum Gasteiger partial charge on any atom is -0.341 e. The lowest BCUT2D eigenvalue weighted by Crippen LogP contribution is -2.34. The highest BCUT2D eigenvalue weighted by atomic mass is 32.1. The smallest absolute Gasteiger partial charge is 0.323 e. The lowest BCUT2D eigenvalue weighted by Gasteiger charge is -2.11. The first-order valence-electron chi connectivity index (χ1n) is 6.11. The zero-order valence-corrected chi connectivity index (χ0v) is 12.4. The minimum atomic E-state index is -0.158. The van der Waals surface area contributed by atoms with Gasteiger partial charge < -0.3 is 5.32 Å². The summed E-state index contributed by atoms with van der Waals surface area (Å²) in [4.78, 5) is 17.2. The van der Waals surface area contributed by atoms with Crippen molar-refractivity contribution in [3.8, 4) is 0 Å². The summed E-state index contributed by atoms with van der Waals surface area (Å²) in [6.45, 7) is 0. The third kappa shape index (κ3) is 3.93. The van der Waals surface area contributed by atoms with Gasteiger partial charge in [-0.3, -0.25) is 4.90 Å². The number of anilines is 1. The van der Waals surface area contributed by atoms with Gasteiger partial charge in [0.1, 0.15) is 0 Å². The molecule has 2 aromatic heterocycles. The number of amides is 2. The van der Waals surface area contributed by atoms with Gasteiger partial charge in [0.2, 0.25) is 0 Å². The summed E-state index contributed by atoms with van der Waals surface area (Å²) in [7, 11) is 3.31. The zero-order chi connectivity index (χ0) is 15.1. The van der Waals surface area contributed by atoms with E-state index in [0.717, 1.165) is 10.2 Å². The molecule has 3 aromatic rings. The highest BCUT2D eigenvalue weighted by Gasteiger charge is 2.12.